The average Bonchev–Trinajstić information content (AvgIpc) is 2.52. The quantitative estimate of drug-likeness (QED) is 0.646. The van der Waals surface area contributed by atoms with E-state index >= 15 is 0 Å². The molecule has 2 atom stereocenters. The highest BCUT2D eigenvalue weighted by molar-refractivity contribution is 5.13. The molecule has 1 aliphatic carbocycles. The van der Waals surface area contributed by atoms with Crippen molar-refractivity contribution < 1.29 is 5.11 Å². The summed E-state index contributed by atoms with van der Waals surface area (Å²) in [5.74, 6) is 0.526. The van der Waals surface area contributed by atoms with E-state index in [1.807, 2.05) is 0 Å². The highest BCUT2D eigenvalue weighted by Crippen LogP contribution is 2.40. The van der Waals surface area contributed by atoms with Gasteiger partial charge in [-0.2, -0.15) is 0 Å². The third-order valence-corrected chi connectivity index (χ3v) is 3.70. The number of nitrogens with one attached hydrogen (secondary N) is 1. The zero-order chi connectivity index (χ0) is 9.31. The number of aliphatic hydroxyl groups is 1. The number of hydrogen-bond donors (Lipinski definition) is 2. The summed E-state index contributed by atoms with van der Waals surface area (Å²) in [6.07, 6.45) is 8.81. The second-order valence-electron chi connectivity index (χ2n) is 4.29. The monoisotopic (exact) mass is 181 g/mol. The Morgan fingerprint density at radius 2 is 2.31 bits per heavy atom. The molecule has 2 heteroatoms. The predicted octanol–water partition coefficient (Wildman–Crippen LogP) is 1.46. The molecule has 0 aromatic carbocycles. The molecular formula is C11H19NO. The fourth-order valence-electron chi connectivity index (χ4n) is 2.48. The second kappa shape index (κ2) is 3.43. The molecule has 1 saturated carbocycles. The molecule has 0 radical (unpaired) electrons. The van der Waals surface area contributed by atoms with Crippen molar-refractivity contribution in [2.45, 2.75) is 44.2 Å². The smallest absolute Gasteiger partial charge is 0.0861 e. The molecule has 0 saturated heterocycles. The lowest BCUT2D eigenvalue weighted by Gasteiger charge is -2.44. The van der Waals surface area contributed by atoms with Gasteiger partial charge >= 0.3 is 0 Å². The van der Waals surface area contributed by atoms with E-state index in [0.717, 1.165) is 13.0 Å². The fourth-order valence-corrected chi connectivity index (χ4v) is 2.48. The van der Waals surface area contributed by atoms with Gasteiger partial charge < -0.3 is 10.4 Å². The van der Waals surface area contributed by atoms with Crippen LogP contribution in [0.15, 0.2) is 12.2 Å². The van der Waals surface area contributed by atoms with Gasteiger partial charge in [-0.1, -0.05) is 25.5 Å². The lowest BCUT2D eigenvalue weighted by atomic mass is 9.68. The fraction of sp³-hybridized carbons (Fsp3) is 0.818. The molecule has 2 unspecified atom stereocenters. The predicted molar refractivity (Wildman–Crippen MR) is 53.5 cm³/mol. The van der Waals surface area contributed by atoms with Crippen LogP contribution in [0.2, 0.25) is 0 Å². The molecule has 0 bridgehead atoms. The van der Waals surface area contributed by atoms with Gasteiger partial charge in [-0.25, -0.2) is 0 Å². The van der Waals surface area contributed by atoms with Crippen molar-refractivity contribution in [3.63, 3.8) is 0 Å². The summed E-state index contributed by atoms with van der Waals surface area (Å²) in [7, 11) is 0. The maximum absolute atomic E-state index is 10.5. The Morgan fingerprint density at radius 1 is 1.54 bits per heavy atom. The highest BCUT2D eigenvalue weighted by atomic mass is 16.3. The minimum atomic E-state index is -0.481. The van der Waals surface area contributed by atoms with E-state index in [2.05, 4.69) is 24.4 Å². The van der Waals surface area contributed by atoms with E-state index in [-0.39, 0.29) is 6.04 Å². The Kier molecular flexibility index (Phi) is 2.43. The van der Waals surface area contributed by atoms with Gasteiger partial charge in [0.1, 0.15) is 0 Å². The first-order valence-corrected chi connectivity index (χ1v) is 5.40. The summed E-state index contributed by atoms with van der Waals surface area (Å²) < 4.78 is 0. The van der Waals surface area contributed by atoms with Crippen LogP contribution < -0.4 is 5.32 Å². The molecule has 74 valence electrons. The van der Waals surface area contributed by atoms with Crippen molar-refractivity contribution >= 4 is 0 Å². The van der Waals surface area contributed by atoms with Crippen LogP contribution in [0.5, 0.6) is 0 Å². The van der Waals surface area contributed by atoms with Gasteiger partial charge in [-0.3, -0.25) is 0 Å². The zero-order valence-electron chi connectivity index (χ0n) is 8.29. The highest BCUT2D eigenvalue weighted by Gasteiger charge is 2.44. The van der Waals surface area contributed by atoms with Crippen LogP contribution in [0.3, 0.4) is 0 Å². The minimum absolute atomic E-state index is 0.197. The summed E-state index contributed by atoms with van der Waals surface area (Å²) in [6.45, 7) is 3.01. The summed E-state index contributed by atoms with van der Waals surface area (Å²) in [6, 6.07) is 0.197. The summed E-state index contributed by atoms with van der Waals surface area (Å²) in [5.41, 5.74) is -0.481. The molecule has 1 fully saturated rings. The molecule has 1 aliphatic heterocycles. The SMILES string of the molecule is CCC(O)(C1CCC1)C1C=CCN1. The van der Waals surface area contributed by atoms with Gasteiger partial charge in [-0.15, -0.1) is 0 Å². The number of hydrogen-bond acceptors (Lipinski definition) is 2. The minimum Gasteiger partial charge on any atom is -0.388 e. The van der Waals surface area contributed by atoms with Gasteiger partial charge in [0.25, 0.3) is 0 Å². The molecule has 1 heterocycles. The van der Waals surface area contributed by atoms with Crippen molar-refractivity contribution in [3.05, 3.63) is 12.2 Å². The van der Waals surface area contributed by atoms with Crippen molar-refractivity contribution in [2.24, 2.45) is 5.92 Å². The topological polar surface area (TPSA) is 32.3 Å². The normalized spacial score (nSPS) is 32.9. The second-order valence-corrected chi connectivity index (χ2v) is 4.29. The van der Waals surface area contributed by atoms with E-state index in [9.17, 15) is 5.11 Å². The van der Waals surface area contributed by atoms with E-state index < -0.39 is 5.60 Å². The van der Waals surface area contributed by atoms with Gasteiger partial charge in [0, 0.05) is 6.54 Å². The Morgan fingerprint density at radius 3 is 2.69 bits per heavy atom. The van der Waals surface area contributed by atoms with Gasteiger partial charge in [-0.05, 0) is 25.2 Å². The molecule has 2 rings (SSSR count). The van der Waals surface area contributed by atoms with Gasteiger partial charge in [0.05, 0.1) is 11.6 Å². The van der Waals surface area contributed by atoms with Crippen LogP contribution in [0.4, 0.5) is 0 Å². The molecule has 13 heavy (non-hydrogen) atoms. The maximum Gasteiger partial charge on any atom is 0.0861 e. The average molecular weight is 181 g/mol. The zero-order valence-corrected chi connectivity index (χ0v) is 8.29. The third kappa shape index (κ3) is 1.42. The van der Waals surface area contributed by atoms with Crippen molar-refractivity contribution in [1.82, 2.24) is 5.32 Å². The molecule has 0 amide bonds. The lowest BCUT2D eigenvalue weighted by Crippen LogP contribution is -2.54. The first-order chi connectivity index (χ1) is 6.27. The van der Waals surface area contributed by atoms with E-state index in [1.165, 1.54) is 19.3 Å². The van der Waals surface area contributed by atoms with Crippen molar-refractivity contribution in [1.29, 1.82) is 0 Å². The van der Waals surface area contributed by atoms with Crippen LogP contribution in [0.1, 0.15) is 32.6 Å². The van der Waals surface area contributed by atoms with E-state index in [1.54, 1.807) is 0 Å². The first kappa shape index (κ1) is 9.22. The molecule has 2 N–H and O–H groups in total. The van der Waals surface area contributed by atoms with Crippen LogP contribution >= 0.6 is 0 Å². The van der Waals surface area contributed by atoms with Crippen LogP contribution in [-0.2, 0) is 0 Å². The standard InChI is InChI=1S/C11H19NO/c1-2-11(13,9-5-3-6-9)10-7-4-8-12-10/h4,7,9-10,12-13H,2-3,5-6,8H2,1H3. The summed E-state index contributed by atoms with van der Waals surface area (Å²) >= 11 is 0. The van der Waals surface area contributed by atoms with Crippen LogP contribution in [0, 0.1) is 5.92 Å². The molecular weight excluding hydrogens is 162 g/mol. The summed E-state index contributed by atoms with van der Waals surface area (Å²) in [4.78, 5) is 0. The molecule has 0 aromatic rings. The van der Waals surface area contributed by atoms with Crippen LogP contribution in [-0.4, -0.2) is 23.3 Å². The Hall–Kier alpha value is -0.340. The maximum atomic E-state index is 10.5. The molecule has 0 aromatic heterocycles. The largest absolute Gasteiger partial charge is 0.388 e. The third-order valence-electron chi connectivity index (χ3n) is 3.70. The molecule has 2 nitrogen and oxygen atoms in total. The van der Waals surface area contributed by atoms with Crippen molar-refractivity contribution in [3.8, 4) is 0 Å². The molecule has 2 aliphatic rings. The Balaban J connectivity index is 2.08. The van der Waals surface area contributed by atoms with Gasteiger partial charge in [0.15, 0.2) is 0 Å². The van der Waals surface area contributed by atoms with E-state index in [0.29, 0.717) is 5.92 Å². The van der Waals surface area contributed by atoms with E-state index in [4.69, 9.17) is 0 Å². The molecule has 0 spiro atoms. The number of rotatable bonds is 3. The van der Waals surface area contributed by atoms with Crippen LogP contribution in [0.25, 0.3) is 0 Å². The van der Waals surface area contributed by atoms with Crippen molar-refractivity contribution in [2.75, 3.05) is 6.54 Å². The Bertz CT molecular complexity index is 210. The van der Waals surface area contributed by atoms with Gasteiger partial charge in [0.2, 0.25) is 0 Å². The lowest BCUT2D eigenvalue weighted by molar-refractivity contribution is -0.0680. The Labute approximate surface area is 80.0 Å². The first-order valence-electron chi connectivity index (χ1n) is 5.40. The summed E-state index contributed by atoms with van der Waals surface area (Å²) in [5, 5.41) is 13.9.